The third kappa shape index (κ3) is 4.11. The van der Waals surface area contributed by atoms with Crippen LogP contribution in [-0.4, -0.2) is 25.5 Å². The Labute approximate surface area is 138 Å². The van der Waals surface area contributed by atoms with E-state index in [-0.39, 0.29) is 5.41 Å². The summed E-state index contributed by atoms with van der Waals surface area (Å²) in [5.74, 6) is 0. The Hall–Kier alpha value is -1.33. The van der Waals surface area contributed by atoms with Crippen LogP contribution in [0.1, 0.15) is 39.2 Å². The molecule has 1 heterocycles. The lowest BCUT2D eigenvalue weighted by Gasteiger charge is -2.40. The molecule has 22 heavy (non-hydrogen) atoms. The highest BCUT2D eigenvalue weighted by Gasteiger charge is 2.40. The third-order valence-corrected chi connectivity index (χ3v) is 4.65. The van der Waals surface area contributed by atoms with E-state index in [1.54, 1.807) is 4.68 Å². The molecule has 1 unspecified atom stereocenters. The molecular formula is C17H25N3OS. The molecule has 1 N–H and O–H groups in total. The van der Waals surface area contributed by atoms with Gasteiger partial charge in [-0.3, -0.25) is 0 Å². The van der Waals surface area contributed by atoms with Gasteiger partial charge in [-0.1, -0.05) is 51.1 Å². The Morgan fingerprint density at radius 2 is 1.86 bits per heavy atom. The van der Waals surface area contributed by atoms with E-state index < -0.39 is 5.60 Å². The zero-order valence-corrected chi connectivity index (χ0v) is 14.4. The monoisotopic (exact) mass is 319 g/mol. The summed E-state index contributed by atoms with van der Waals surface area (Å²) in [6.07, 6.45) is 4.06. The standard InChI is InChI=1S/C17H25N3OS/c1-16(2,3)17(21,12-20-15(22)18-13-19-20)11-7-10-14-8-5-4-6-9-14/h4-6,8-9,13,21H,7,10-12H2,1-3H3,(H,18,19,22). The van der Waals surface area contributed by atoms with E-state index >= 15 is 0 Å². The first kappa shape index (κ1) is 17.0. The molecule has 0 bridgehead atoms. The Balaban J connectivity index is 2.04. The van der Waals surface area contributed by atoms with E-state index in [2.05, 4.69) is 55.6 Å². The number of thiol groups is 1. The highest BCUT2D eigenvalue weighted by molar-refractivity contribution is 7.80. The van der Waals surface area contributed by atoms with E-state index in [0.717, 1.165) is 12.8 Å². The van der Waals surface area contributed by atoms with Gasteiger partial charge < -0.3 is 5.11 Å². The smallest absolute Gasteiger partial charge is 0.183 e. The minimum atomic E-state index is -0.854. The highest BCUT2D eigenvalue weighted by Crippen LogP contribution is 2.36. The maximum atomic E-state index is 11.2. The van der Waals surface area contributed by atoms with E-state index in [4.69, 9.17) is 0 Å². The Morgan fingerprint density at radius 1 is 1.18 bits per heavy atom. The fourth-order valence-electron chi connectivity index (χ4n) is 2.54. The number of benzene rings is 1. The molecule has 0 spiro atoms. The molecule has 4 nitrogen and oxygen atoms in total. The van der Waals surface area contributed by atoms with Crippen LogP contribution >= 0.6 is 12.6 Å². The largest absolute Gasteiger partial charge is 0.387 e. The first-order valence-corrected chi connectivity index (χ1v) is 8.10. The van der Waals surface area contributed by atoms with Gasteiger partial charge in [0.2, 0.25) is 0 Å². The summed E-state index contributed by atoms with van der Waals surface area (Å²) >= 11 is 4.28. The van der Waals surface area contributed by atoms with Crippen molar-refractivity contribution in [1.82, 2.24) is 14.8 Å². The van der Waals surface area contributed by atoms with Crippen molar-refractivity contribution < 1.29 is 5.11 Å². The van der Waals surface area contributed by atoms with Gasteiger partial charge >= 0.3 is 0 Å². The molecule has 0 amide bonds. The number of hydrogen-bond donors (Lipinski definition) is 2. The molecule has 1 aromatic heterocycles. The summed E-state index contributed by atoms with van der Waals surface area (Å²) < 4.78 is 1.66. The number of aryl methyl sites for hydroxylation is 1. The van der Waals surface area contributed by atoms with E-state index in [9.17, 15) is 5.11 Å². The van der Waals surface area contributed by atoms with Gasteiger partial charge in [-0.15, -0.1) is 12.6 Å². The summed E-state index contributed by atoms with van der Waals surface area (Å²) in [6.45, 7) is 6.59. The van der Waals surface area contributed by atoms with E-state index in [0.29, 0.717) is 18.1 Å². The van der Waals surface area contributed by atoms with Gasteiger partial charge in [0, 0.05) is 0 Å². The molecule has 0 aliphatic rings. The fraction of sp³-hybridized carbons (Fsp3) is 0.529. The van der Waals surface area contributed by atoms with E-state index in [1.807, 2.05) is 18.2 Å². The van der Waals surface area contributed by atoms with Gasteiger partial charge in [-0.25, -0.2) is 9.67 Å². The first-order chi connectivity index (χ1) is 10.3. The first-order valence-electron chi connectivity index (χ1n) is 7.65. The third-order valence-electron chi connectivity index (χ3n) is 4.30. The van der Waals surface area contributed by atoms with Crippen molar-refractivity contribution >= 4 is 12.6 Å². The number of nitrogens with zero attached hydrogens (tertiary/aromatic N) is 3. The quantitative estimate of drug-likeness (QED) is 0.803. The van der Waals surface area contributed by atoms with Gasteiger partial charge in [0.15, 0.2) is 5.16 Å². The van der Waals surface area contributed by atoms with Crippen LogP contribution in [0.3, 0.4) is 0 Å². The van der Waals surface area contributed by atoms with Crippen molar-refractivity contribution in [1.29, 1.82) is 0 Å². The summed E-state index contributed by atoms with van der Waals surface area (Å²) in [6, 6.07) is 10.4. The fourth-order valence-corrected chi connectivity index (χ4v) is 2.71. The van der Waals surface area contributed by atoms with Crippen LogP contribution in [0.2, 0.25) is 0 Å². The normalized spacial score (nSPS) is 14.8. The predicted molar refractivity (Wildman–Crippen MR) is 91.1 cm³/mol. The van der Waals surface area contributed by atoms with Gasteiger partial charge in [0.25, 0.3) is 0 Å². The molecule has 1 aromatic carbocycles. The zero-order valence-electron chi connectivity index (χ0n) is 13.5. The number of aromatic nitrogens is 3. The molecule has 1 atom stereocenters. The molecule has 0 saturated heterocycles. The van der Waals surface area contributed by atoms with Gasteiger partial charge in [0.1, 0.15) is 6.33 Å². The molecule has 0 aliphatic heterocycles. The zero-order chi connectivity index (χ0) is 16.2. The minimum Gasteiger partial charge on any atom is -0.387 e. The van der Waals surface area contributed by atoms with Crippen molar-refractivity contribution in [2.24, 2.45) is 5.41 Å². The molecule has 0 saturated carbocycles. The minimum absolute atomic E-state index is 0.254. The number of aliphatic hydroxyl groups is 1. The lowest BCUT2D eigenvalue weighted by atomic mass is 9.73. The SMILES string of the molecule is CC(C)(C)C(O)(CCCc1ccccc1)Cn1ncnc1S. The topological polar surface area (TPSA) is 50.9 Å². The van der Waals surface area contributed by atoms with E-state index in [1.165, 1.54) is 11.9 Å². The molecule has 0 aliphatic carbocycles. The average Bonchev–Trinajstić information content (AvgIpc) is 2.84. The van der Waals surface area contributed by atoms with Crippen LogP contribution in [0.25, 0.3) is 0 Å². The molecule has 120 valence electrons. The second-order valence-corrected chi connectivity index (χ2v) is 7.24. The van der Waals surface area contributed by atoms with Crippen LogP contribution in [0.15, 0.2) is 41.8 Å². The van der Waals surface area contributed by atoms with Gasteiger partial charge in [0.05, 0.1) is 12.1 Å². The Bertz CT molecular complexity index is 591. The van der Waals surface area contributed by atoms with Crippen molar-refractivity contribution in [2.75, 3.05) is 0 Å². The molecule has 5 heteroatoms. The second-order valence-electron chi connectivity index (χ2n) is 6.84. The van der Waals surface area contributed by atoms with Gasteiger partial charge in [-0.2, -0.15) is 5.10 Å². The maximum absolute atomic E-state index is 11.2. The lowest BCUT2D eigenvalue weighted by Crippen LogP contribution is -2.47. The summed E-state index contributed by atoms with van der Waals surface area (Å²) in [5.41, 5.74) is 0.192. The highest BCUT2D eigenvalue weighted by atomic mass is 32.1. The van der Waals surface area contributed by atoms with Crippen molar-refractivity contribution in [3.05, 3.63) is 42.2 Å². The molecule has 2 aromatic rings. The number of hydrogen-bond acceptors (Lipinski definition) is 4. The predicted octanol–water partition coefficient (Wildman–Crippen LogP) is 3.37. The van der Waals surface area contributed by atoms with Crippen LogP contribution < -0.4 is 0 Å². The molecule has 0 radical (unpaired) electrons. The summed E-state index contributed by atoms with van der Waals surface area (Å²) in [4.78, 5) is 4.02. The Kier molecular flexibility index (Phi) is 5.29. The molecule has 0 fully saturated rings. The van der Waals surface area contributed by atoms with Crippen molar-refractivity contribution in [3.63, 3.8) is 0 Å². The summed E-state index contributed by atoms with van der Waals surface area (Å²) in [5, 5.41) is 15.9. The average molecular weight is 319 g/mol. The lowest BCUT2D eigenvalue weighted by molar-refractivity contribution is -0.0826. The molecular weight excluding hydrogens is 294 g/mol. The summed E-state index contributed by atoms with van der Waals surface area (Å²) in [7, 11) is 0. The second kappa shape index (κ2) is 6.84. The van der Waals surface area contributed by atoms with Gasteiger partial charge in [-0.05, 0) is 30.2 Å². The van der Waals surface area contributed by atoms with Crippen LogP contribution in [0.5, 0.6) is 0 Å². The Morgan fingerprint density at radius 3 is 2.41 bits per heavy atom. The number of rotatable bonds is 6. The van der Waals surface area contributed by atoms with Crippen molar-refractivity contribution in [3.8, 4) is 0 Å². The van der Waals surface area contributed by atoms with Crippen LogP contribution in [-0.2, 0) is 13.0 Å². The molecule has 2 rings (SSSR count). The van der Waals surface area contributed by atoms with Crippen LogP contribution in [0.4, 0.5) is 0 Å². The van der Waals surface area contributed by atoms with Crippen molar-refractivity contribution in [2.45, 2.75) is 57.3 Å². The van der Waals surface area contributed by atoms with Crippen LogP contribution in [0, 0.1) is 5.41 Å². The maximum Gasteiger partial charge on any atom is 0.183 e.